The number of nitrogens with zero attached hydrogens (tertiary/aromatic N) is 2. The average Bonchev–Trinajstić information content (AvgIpc) is 2.73. The maximum atomic E-state index is 12.8. The summed E-state index contributed by atoms with van der Waals surface area (Å²) in [6.45, 7) is 0.856. The van der Waals surface area contributed by atoms with Gasteiger partial charge in [-0.15, -0.1) is 24.0 Å². The molecule has 0 fully saturated rings. The largest absolute Gasteiger partial charge is 0.416 e. The van der Waals surface area contributed by atoms with Gasteiger partial charge < -0.3 is 15.5 Å². The molecule has 2 N–H and O–H groups in total. The third-order valence-electron chi connectivity index (χ3n) is 4.76. The van der Waals surface area contributed by atoms with E-state index in [0.29, 0.717) is 18.1 Å². The van der Waals surface area contributed by atoms with Crippen LogP contribution in [-0.2, 0) is 23.9 Å². The Bertz CT molecular complexity index is 902. The van der Waals surface area contributed by atoms with E-state index in [1.807, 2.05) is 24.3 Å². The van der Waals surface area contributed by atoms with Gasteiger partial charge in [0, 0.05) is 25.8 Å². The second-order valence-corrected chi connectivity index (χ2v) is 6.76. The zero-order valence-electron chi connectivity index (χ0n) is 16.5. The van der Waals surface area contributed by atoms with E-state index in [1.165, 1.54) is 6.07 Å². The first-order valence-corrected chi connectivity index (χ1v) is 9.37. The van der Waals surface area contributed by atoms with Crippen LogP contribution >= 0.6 is 24.0 Å². The summed E-state index contributed by atoms with van der Waals surface area (Å²) in [5.74, 6) is 0.264. The topological polar surface area (TPSA) is 56.7 Å². The molecule has 0 unspecified atom stereocenters. The third-order valence-corrected chi connectivity index (χ3v) is 4.76. The number of amides is 1. The monoisotopic (exact) mass is 532 g/mol. The molecule has 0 atom stereocenters. The molecule has 2 aromatic carbocycles. The van der Waals surface area contributed by atoms with E-state index in [2.05, 4.69) is 15.6 Å². The van der Waals surface area contributed by atoms with Crippen LogP contribution in [0, 0.1) is 0 Å². The van der Waals surface area contributed by atoms with E-state index in [4.69, 9.17) is 0 Å². The number of hydrogen-bond donors (Lipinski definition) is 2. The summed E-state index contributed by atoms with van der Waals surface area (Å²) < 4.78 is 38.5. The number of aryl methyl sites for hydroxylation is 1. The van der Waals surface area contributed by atoms with Gasteiger partial charge in [0.15, 0.2) is 5.96 Å². The molecule has 1 aliphatic rings. The second kappa shape index (κ2) is 10.6. The minimum atomic E-state index is -4.38. The first-order chi connectivity index (χ1) is 13.9. The van der Waals surface area contributed by atoms with Gasteiger partial charge in [0.2, 0.25) is 5.91 Å². The highest BCUT2D eigenvalue weighted by atomic mass is 127. The van der Waals surface area contributed by atoms with Crippen LogP contribution in [0.1, 0.15) is 23.1 Å². The number of guanidine groups is 1. The number of nitrogens with one attached hydrogen (secondary N) is 2. The van der Waals surface area contributed by atoms with Crippen molar-refractivity contribution in [1.82, 2.24) is 10.6 Å². The zero-order chi connectivity index (χ0) is 20.9. The minimum absolute atomic E-state index is 0. The van der Waals surface area contributed by atoms with Gasteiger partial charge in [-0.1, -0.05) is 30.3 Å². The van der Waals surface area contributed by atoms with E-state index < -0.39 is 11.7 Å². The standard InChI is InChI=1S/C21H23F3N4O.HI/c1-25-20(26-13-15-6-4-9-17(12-15)21(22,23)24)27-14-19(29)28-11-5-8-16-7-2-3-10-18(16)28;/h2-4,6-7,9-10,12H,5,8,11,13-14H2,1H3,(H2,25,26,27);1H. The van der Waals surface area contributed by atoms with Gasteiger partial charge in [0.25, 0.3) is 0 Å². The highest BCUT2D eigenvalue weighted by Crippen LogP contribution is 2.29. The van der Waals surface area contributed by atoms with Crippen LogP contribution < -0.4 is 15.5 Å². The fourth-order valence-electron chi connectivity index (χ4n) is 3.31. The number of carbonyl (C=O) groups excluding carboxylic acids is 1. The Labute approximate surface area is 190 Å². The first-order valence-electron chi connectivity index (χ1n) is 9.37. The number of anilines is 1. The van der Waals surface area contributed by atoms with Crippen molar-refractivity contribution in [2.75, 3.05) is 25.0 Å². The van der Waals surface area contributed by atoms with Crippen LogP contribution in [-0.4, -0.2) is 32.0 Å². The maximum Gasteiger partial charge on any atom is 0.416 e. The predicted octanol–water partition coefficient (Wildman–Crippen LogP) is 3.97. The molecule has 1 aliphatic heterocycles. The molecule has 0 aliphatic carbocycles. The summed E-state index contributed by atoms with van der Waals surface area (Å²) in [6, 6.07) is 12.9. The number of rotatable bonds is 4. The second-order valence-electron chi connectivity index (χ2n) is 6.76. The van der Waals surface area contributed by atoms with Gasteiger partial charge >= 0.3 is 6.18 Å². The number of aliphatic imine (C=N–C) groups is 1. The van der Waals surface area contributed by atoms with Crippen LogP contribution in [0.4, 0.5) is 18.9 Å². The molecule has 0 aromatic heterocycles. The smallest absolute Gasteiger partial charge is 0.352 e. The van der Waals surface area contributed by atoms with E-state index in [1.54, 1.807) is 18.0 Å². The van der Waals surface area contributed by atoms with Crippen molar-refractivity contribution < 1.29 is 18.0 Å². The van der Waals surface area contributed by atoms with E-state index in [0.717, 1.165) is 36.2 Å². The van der Waals surface area contributed by atoms with Crippen molar-refractivity contribution in [3.63, 3.8) is 0 Å². The molecular formula is C21H24F3IN4O. The number of alkyl halides is 3. The van der Waals surface area contributed by atoms with Crippen molar-refractivity contribution in [2.24, 2.45) is 4.99 Å². The molecule has 3 rings (SSSR count). The molecule has 0 bridgehead atoms. The molecule has 0 saturated carbocycles. The number of fused-ring (bicyclic) bond motifs is 1. The number of carbonyl (C=O) groups is 1. The predicted molar refractivity (Wildman–Crippen MR) is 122 cm³/mol. The van der Waals surface area contributed by atoms with Crippen molar-refractivity contribution in [1.29, 1.82) is 0 Å². The number of para-hydroxylation sites is 1. The van der Waals surface area contributed by atoms with Crippen molar-refractivity contribution in [3.8, 4) is 0 Å². The lowest BCUT2D eigenvalue weighted by Gasteiger charge is -2.29. The fraction of sp³-hybridized carbons (Fsp3) is 0.333. The summed E-state index contributed by atoms with van der Waals surface area (Å²) in [4.78, 5) is 18.5. The Balaban J connectivity index is 0.00000320. The molecule has 0 spiro atoms. The van der Waals surface area contributed by atoms with E-state index in [-0.39, 0.29) is 43.0 Å². The Kier molecular flexibility index (Phi) is 8.51. The summed E-state index contributed by atoms with van der Waals surface area (Å²) in [6.07, 6.45) is -2.52. The zero-order valence-corrected chi connectivity index (χ0v) is 18.8. The number of benzene rings is 2. The maximum absolute atomic E-state index is 12.8. The van der Waals surface area contributed by atoms with Gasteiger partial charge in [0.1, 0.15) is 0 Å². The molecule has 0 saturated heterocycles. The quantitative estimate of drug-likeness (QED) is 0.356. The highest BCUT2D eigenvalue weighted by molar-refractivity contribution is 14.0. The van der Waals surface area contributed by atoms with Gasteiger partial charge in [-0.2, -0.15) is 13.2 Å². The molecule has 1 heterocycles. The lowest BCUT2D eigenvalue weighted by atomic mass is 10.0. The number of halogens is 4. The van der Waals surface area contributed by atoms with Gasteiger partial charge in [0.05, 0.1) is 12.1 Å². The van der Waals surface area contributed by atoms with Crippen LogP contribution in [0.2, 0.25) is 0 Å². The van der Waals surface area contributed by atoms with Gasteiger partial charge in [-0.25, -0.2) is 0 Å². The van der Waals surface area contributed by atoms with Crippen LogP contribution in [0.15, 0.2) is 53.5 Å². The Morgan fingerprint density at radius 1 is 1.13 bits per heavy atom. The van der Waals surface area contributed by atoms with Crippen LogP contribution in [0.5, 0.6) is 0 Å². The van der Waals surface area contributed by atoms with Crippen molar-refractivity contribution in [3.05, 3.63) is 65.2 Å². The number of hydrogen-bond acceptors (Lipinski definition) is 2. The van der Waals surface area contributed by atoms with Crippen molar-refractivity contribution in [2.45, 2.75) is 25.6 Å². The average molecular weight is 532 g/mol. The fourth-order valence-corrected chi connectivity index (χ4v) is 3.31. The van der Waals surface area contributed by atoms with Gasteiger partial charge in [-0.05, 0) is 42.2 Å². The third kappa shape index (κ3) is 6.10. The lowest BCUT2D eigenvalue weighted by molar-refractivity contribution is -0.137. The molecule has 5 nitrogen and oxygen atoms in total. The molecule has 2 aromatic rings. The molecule has 9 heteroatoms. The first kappa shape index (κ1) is 24.0. The van der Waals surface area contributed by atoms with Crippen LogP contribution in [0.3, 0.4) is 0 Å². The van der Waals surface area contributed by atoms with Gasteiger partial charge in [-0.3, -0.25) is 9.79 Å². The molecule has 1 amide bonds. The van der Waals surface area contributed by atoms with Crippen molar-refractivity contribution >= 4 is 41.5 Å². The van der Waals surface area contributed by atoms with Crippen LogP contribution in [0.25, 0.3) is 0 Å². The highest BCUT2D eigenvalue weighted by Gasteiger charge is 2.30. The molecule has 162 valence electrons. The summed E-state index contributed by atoms with van der Waals surface area (Å²) in [5.41, 5.74) is 1.86. The minimum Gasteiger partial charge on any atom is -0.352 e. The SMILES string of the molecule is CN=C(NCC(=O)N1CCCc2ccccc21)NCc1cccc(C(F)(F)F)c1.I. The normalized spacial score (nSPS) is 13.9. The van der Waals surface area contributed by atoms with E-state index >= 15 is 0 Å². The molecule has 0 radical (unpaired) electrons. The molecular weight excluding hydrogens is 508 g/mol. The summed E-state index contributed by atoms with van der Waals surface area (Å²) in [5, 5.41) is 5.88. The summed E-state index contributed by atoms with van der Waals surface area (Å²) >= 11 is 0. The molecule has 30 heavy (non-hydrogen) atoms. The lowest BCUT2D eigenvalue weighted by Crippen LogP contribution is -2.45. The van der Waals surface area contributed by atoms with E-state index in [9.17, 15) is 18.0 Å². The summed E-state index contributed by atoms with van der Waals surface area (Å²) in [7, 11) is 1.54. The Morgan fingerprint density at radius 3 is 2.63 bits per heavy atom. The Morgan fingerprint density at radius 2 is 1.90 bits per heavy atom. The Hall–Kier alpha value is -2.30.